The van der Waals surface area contributed by atoms with Crippen LogP contribution in [0.3, 0.4) is 0 Å². The molecule has 4 rings (SSSR count). The van der Waals surface area contributed by atoms with E-state index < -0.39 is 18.3 Å². The Kier molecular flexibility index (Phi) is 4.91. The number of aliphatic carboxylic acids is 1. The van der Waals surface area contributed by atoms with Gasteiger partial charge in [0.15, 0.2) is 12.4 Å². The van der Waals surface area contributed by atoms with Gasteiger partial charge in [-0.25, -0.2) is 19.0 Å². The fourth-order valence-corrected chi connectivity index (χ4v) is 2.62. The number of carboxylic acid groups (broad SMARTS) is 1. The van der Waals surface area contributed by atoms with Crippen molar-refractivity contribution < 1.29 is 14.3 Å². The molecule has 3 heterocycles. The number of aromatic nitrogens is 9. The Morgan fingerprint density at radius 3 is 2.69 bits per heavy atom. The van der Waals surface area contributed by atoms with Crippen molar-refractivity contribution in [1.82, 2.24) is 45.2 Å². The molecule has 0 fully saturated rings. The molecule has 0 aliphatic carbocycles. The quantitative estimate of drug-likeness (QED) is 0.494. The van der Waals surface area contributed by atoms with Gasteiger partial charge in [-0.05, 0) is 29.0 Å². The SMILES string of the molecule is O=C(O)Cn1nnc(-c2cnc(-c3cn(Cc4cc(F)ccc4Cl)nn3)nc2)n1. The number of carboxylic acids is 1. The molecule has 0 bridgehead atoms. The van der Waals surface area contributed by atoms with Gasteiger partial charge in [0, 0.05) is 17.4 Å². The largest absolute Gasteiger partial charge is 0.480 e. The van der Waals surface area contributed by atoms with Crippen molar-refractivity contribution in [3.8, 4) is 22.9 Å². The molecule has 0 amide bonds. The first kappa shape index (κ1) is 18.6. The van der Waals surface area contributed by atoms with Crippen molar-refractivity contribution in [1.29, 1.82) is 0 Å². The predicted molar refractivity (Wildman–Crippen MR) is 96.0 cm³/mol. The summed E-state index contributed by atoms with van der Waals surface area (Å²) in [5, 5.41) is 28.5. The molecule has 29 heavy (non-hydrogen) atoms. The zero-order chi connectivity index (χ0) is 20.4. The first-order valence-corrected chi connectivity index (χ1v) is 8.52. The monoisotopic (exact) mass is 415 g/mol. The van der Waals surface area contributed by atoms with Gasteiger partial charge in [-0.2, -0.15) is 4.80 Å². The van der Waals surface area contributed by atoms with Gasteiger partial charge in [-0.1, -0.05) is 16.8 Å². The average Bonchev–Trinajstić information content (AvgIpc) is 3.34. The Balaban J connectivity index is 1.50. The van der Waals surface area contributed by atoms with E-state index in [1.54, 1.807) is 6.20 Å². The van der Waals surface area contributed by atoms with Gasteiger partial charge in [0.25, 0.3) is 0 Å². The maximum absolute atomic E-state index is 13.4. The number of benzene rings is 1. The molecular weight excluding hydrogens is 405 g/mol. The van der Waals surface area contributed by atoms with Crippen LogP contribution < -0.4 is 0 Å². The fourth-order valence-electron chi connectivity index (χ4n) is 2.44. The van der Waals surface area contributed by atoms with Crippen LogP contribution in [0.5, 0.6) is 0 Å². The van der Waals surface area contributed by atoms with E-state index in [1.165, 1.54) is 35.3 Å². The van der Waals surface area contributed by atoms with Crippen molar-refractivity contribution in [3.05, 3.63) is 53.2 Å². The van der Waals surface area contributed by atoms with Gasteiger partial charge in [-0.15, -0.1) is 15.3 Å². The van der Waals surface area contributed by atoms with E-state index in [0.29, 0.717) is 27.7 Å². The van der Waals surface area contributed by atoms with Crippen LogP contribution in [0, 0.1) is 5.82 Å². The first-order valence-electron chi connectivity index (χ1n) is 8.14. The average molecular weight is 416 g/mol. The summed E-state index contributed by atoms with van der Waals surface area (Å²) in [6, 6.07) is 4.09. The molecule has 0 aliphatic rings. The zero-order valence-electron chi connectivity index (χ0n) is 14.5. The number of hydrogen-bond donors (Lipinski definition) is 1. The summed E-state index contributed by atoms with van der Waals surface area (Å²) in [7, 11) is 0. The second-order valence-electron chi connectivity index (χ2n) is 5.87. The van der Waals surface area contributed by atoms with E-state index in [0.717, 1.165) is 4.80 Å². The highest BCUT2D eigenvalue weighted by Gasteiger charge is 2.12. The fraction of sp³-hybridized carbons (Fsp3) is 0.125. The lowest BCUT2D eigenvalue weighted by Gasteiger charge is -2.03. The van der Waals surface area contributed by atoms with Crippen molar-refractivity contribution >= 4 is 17.6 Å². The third-order valence-corrected chi connectivity index (χ3v) is 4.12. The van der Waals surface area contributed by atoms with Gasteiger partial charge in [0.2, 0.25) is 5.82 Å². The lowest BCUT2D eigenvalue weighted by Crippen LogP contribution is -2.11. The van der Waals surface area contributed by atoms with Crippen LogP contribution in [-0.4, -0.2) is 56.2 Å². The van der Waals surface area contributed by atoms with Crippen molar-refractivity contribution in [2.75, 3.05) is 0 Å². The summed E-state index contributed by atoms with van der Waals surface area (Å²) < 4.78 is 14.9. The van der Waals surface area contributed by atoms with Crippen LogP contribution in [0.15, 0.2) is 36.8 Å². The molecule has 4 aromatic rings. The van der Waals surface area contributed by atoms with E-state index in [9.17, 15) is 9.18 Å². The molecule has 0 unspecified atom stereocenters. The number of rotatable bonds is 6. The smallest absolute Gasteiger partial charge is 0.327 e. The number of hydrogen-bond acceptors (Lipinski definition) is 8. The van der Waals surface area contributed by atoms with Crippen molar-refractivity contribution in [3.63, 3.8) is 0 Å². The van der Waals surface area contributed by atoms with Gasteiger partial charge in [-0.3, -0.25) is 4.79 Å². The van der Waals surface area contributed by atoms with Gasteiger partial charge in [0.05, 0.1) is 18.3 Å². The highest BCUT2D eigenvalue weighted by atomic mass is 35.5. The van der Waals surface area contributed by atoms with E-state index in [2.05, 4.69) is 35.7 Å². The molecule has 1 N–H and O–H groups in total. The van der Waals surface area contributed by atoms with E-state index >= 15 is 0 Å². The molecule has 0 saturated heterocycles. The second kappa shape index (κ2) is 7.67. The molecule has 1 aromatic carbocycles. The minimum atomic E-state index is -1.08. The molecule has 11 nitrogen and oxygen atoms in total. The Labute approximate surface area is 166 Å². The number of carbonyl (C=O) groups is 1. The summed E-state index contributed by atoms with van der Waals surface area (Å²) in [6.45, 7) is -0.164. The normalized spacial score (nSPS) is 11.0. The van der Waals surface area contributed by atoms with Gasteiger partial charge >= 0.3 is 5.97 Å². The highest BCUT2D eigenvalue weighted by molar-refractivity contribution is 6.31. The summed E-state index contributed by atoms with van der Waals surface area (Å²) in [5.41, 5.74) is 1.44. The van der Waals surface area contributed by atoms with Crippen LogP contribution >= 0.6 is 11.6 Å². The molecule has 0 aliphatic heterocycles. The van der Waals surface area contributed by atoms with Crippen LogP contribution in [-0.2, 0) is 17.9 Å². The highest BCUT2D eigenvalue weighted by Crippen LogP contribution is 2.19. The van der Waals surface area contributed by atoms with Crippen LogP contribution in [0.25, 0.3) is 22.9 Å². The minimum Gasteiger partial charge on any atom is -0.480 e. The lowest BCUT2D eigenvalue weighted by atomic mass is 10.2. The number of nitrogens with zero attached hydrogens (tertiary/aromatic N) is 9. The maximum atomic E-state index is 13.4. The van der Waals surface area contributed by atoms with E-state index in [-0.39, 0.29) is 12.4 Å². The molecule has 0 spiro atoms. The Morgan fingerprint density at radius 1 is 1.14 bits per heavy atom. The van der Waals surface area contributed by atoms with Crippen LogP contribution in [0.4, 0.5) is 4.39 Å². The first-order chi connectivity index (χ1) is 14.0. The van der Waals surface area contributed by atoms with Crippen molar-refractivity contribution in [2.45, 2.75) is 13.1 Å². The maximum Gasteiger partial charge on any atom is 0.327 e. The van der Waals surface area contributed by atoms with E-state index in [1.807, 2.05) is 0 Å². The topological polar surface area (TPSA) is 137 Å². The molecule has 146 valence electrons. The second-order valence-corrected chi connectivity index (χ2v) is 6.28. The molecule has 0 atom stereocenters. The Morgan fingerprint density at radius 2 is 1.93 bits per heavy atom. The minimum absolute atomic E-state index is 0.196. The number of halogens is 2. The summed E-state index contributed by atoms with van der Waals surface area (Å²) >= 11 is 6.07. The Hall–Kier alpha value is -3.80. The van der Waals surface area contributed by atoms with Gasteiger partial charge < -0.3 is 5.11 Å². The van der Waals surface area contributed by atoms with Crippen LogP contribution in [0.1, 0.15) is 5.56 Å². The molecule has 13 heteroatoms. The van der Waals surface area contributed by atoms with Crippen molar-refractivity contribution in [2.24, 2.45) is 0 Å². The third kappa shape index (κ3) is 4.21. The third-order valence-electron chi connectivity index (χ3n) is 3.75. The Bertz CT molecular complexity index is 1180. The standard InChI is InChI=1S/C16H11ClFN9O2/c17-12-2-1-11(18)3-9(12)6-26-7-13(21-24-26)16-19-4-10(5-20-16)15-22-25-27(23-15)8-14(28)29/h1-5,7H,6,8H2,(H,28,29). The lowest BCUT2D eigenvalue weighted by molar-refractivity contribution is -0.138. The molecule has 3 aromatic heterocycles. The molecule has 0 saturated carbocycles. The van der Waals surface area contributed by atoms with E-state index in [4.69, 9.17) is 16.7 Å². The van der Waals surface area contributed by atoms with Crippen LogP contribution in [0.2, 0.25) is 5.02 Å². The predicted octanol–water partition coefficient (Wildman–Crippen LogP) is 1.31. The van der Waals surface area contributed by atoms with Gasteiger partial charge in [0.1, 0.15) is 11.5 Å². The molecule has 0 radical (unpaired) electrons. The zero-order valence-corrected chi connectivity index (χ0v) is 15.3. The molecular formula is C16H11ClFN9O2. The summed E-state index contributed by atoms with van der Waals surface area (Å²) in [5.74, 6) is -0.966. The summed E-state index contributed by atoms with van der Waals surface area (Å²) in [4.78, 5) is 20.0. The number of tetrazole rings is 1. The summed E-state index contributed by atoms with van der Waals surface area (Å²) in [6.07, 6.45) is 4.54.